The quantitative estimate of drug-likeness (QED) is 0.250. The Balaban J connectivity index is 1.34. The van der Waals surface area contributed by atoms with Crippen LogP contribution in [0.5, 0.6) is 0 Å². The van der Waals surface area contributed by atoms with Crippen molar-refractivity contribution < 1.29 is 4.39 Å². The summed E-state index contributed by atoms with van der Waals surface area (Å²) in [7, 11) is 0. The fourth-order valence-electron chi connectivity index (χ4n) is 4.92. The van der Waals surface area contributed by atoms with E-state index in [9.17, 15) is 14.9 Å². The van der Waals surface area contributed by atoms with Crippen LogP contribution in [0.1, 0.15) is 49.9 Å². The summed E-state index contributed by atoms with van der Waals surface area (Å²) in [6.07, 6.45) is 4.60. The van der Waals surface area contributed by atoms with Crippen LogP contribution >= 0.6 is 0 Å². The molecule has 0 spiro atoms. The van der Waals surface area contributed by atoms with Crippen LogP contribution in [0.3, 0.4) is 0 Å². The Kier molecular flexibility index (Phi) is 6.47. The number of fused-ring (bicyclic) bond motifs is 2. The Bertz CT molecular complexity index is 1870. The third-order valence-corrected chi connectivity index (χ3v) is 7.16. The number of nitriles is 2. The van der Waals surface area contributed by atoms with Gasteiger partial charge in [-0.1, -0.05) is 44.2 Å². The Morgan fingerprint density at radius 3 is 2.56 bits per heavy atom. The van der Waals surface area contributed by atoms with Crippen molar-refractivity contribution in [1.82, 2.24) is 25.0 Å². The molecule has 6 rings (SSSR count). The molecule has 9 nitrogen and oxygen atoms in total. The molecule has 0 unspecified atom stereocenters. The fourth-order valence-corrected chi connectivity index (χ4v) is 4.92. The number of alkyl halides is 1. The number of halogens is 1. The lowest BCUT2D eigenvalue weighted by Gasteiger charge is -2.21. The zero-order valence-electron chi connectivity index (χ0n) is 23.0. The summed E-state index contributed by atoms with van der Waals surface area (Å²) < 4.78 is 15.1. The van der Waals surface area contributed by atoms with E-state index in [-0.39, 0.29) is 11.5 Å². The minimum absolute atomic E-state index is 0.0138. The molecule has 41 heavy (non-hydrogen) atoms. The van der Waals surface area contributed by atoms with Crippen molar-refractivity contribution in [2.24, 2.45) is 5.41 Å². The van der Waals surface area contributed by atoms with Gasteiger partial charge in [-0.05, 0) is 34.6 Å². The average Bonchev–Trinajstić information content (AvgIpc) is 3.49. The Labute approximate surface area is 236 Å². The minimum Gasteiger partial charge on any atom is -0.383 e. The molecule has 5 aromatic rings. The van der Waals surface area contributed by atoms with Gasteiger partial charge in [-0.3, -0.25) is 9.97 Å². The summed E-state index contributed by atoms with van der Waals surface area (Å²) in [6.45, 7) is 7.47. The highest BCUT2D eigenvalue weighted by molar-refractivity contribution is 5.99. The highest BCUT2D eigenvalue weighted by Crippen LogP contribution is 2.39. The number of hydrogen-bond donors (Lipinski definition) is 2. The first-order valence-corrected chi connectivity index (χ1v) is 13.4. The number of rotatable bonds is 7. The first-order valence-electron chi connectivity index (χ1n) is 13.4. The molecule has 0 saturated heterocycles. The summed E-state index contributed by atoms with van der Waals surface area (Å²) >= 11 is 0. The van der Waals surface area contributed by atoms with Crippen molar-refractivity contribution in [1.29, 1.82) is 10.5 Å². The van der Waals surface area contributed by atoms with E-state index in [1.165, 1.54) is 6.20 Å². The second-order valence-corrected chi connectivity index (χ2v) is 11.5. The van der Waals surface area contributed by atoms with Gasteiger partial charge in [0.15, 0.2) is 0 Å². The zero-order chi connectivity index (χ0) is 28.7. The largest absolute Gasteiger partial charge is 0.383 e. The molecule has 2 atom stereocenters. The zero-order valence-corrected chi connectivity index (χ0v) is 23.0. The Morgan fingerprint density at radius 2 is 1.83 bits per heavy atom. The lowest BCUT2D eigenvalue weighted by atomic mass is 9.96. The van der Waals surface area contributed by atoms with Crippen LogP contribution in [0.2, 0.25) is 0 Å². The summed E-state index contributed by atoms with van der Waals surface area (Å²) in [5.74, 6) is 0. The maximum absolute atomic E-state index is 13.5. The van der Waals surface area contributed by atoms with Crippen LogP contribution in [0.15, 0.2) is 55.0 Å². The molecule has 204 valence electrons. The van der Waals surface area contributed by atoms with E-state index in [0.717, 1.165) is 22.0 Å². The van der Waals surface area contributed by atoms with E-state index < -0.39 is 6.17 Å². The molecular weight excluding hydrogens is 517 g/mol. The van der Waals surface area contributed by atoms with Crippen molar-refractivity contribution in [2.45, 2.75) is 46.0 Å². The summed E-state index contributed by atoms with van der Waals surface area (Å²) in [5, 5.41) is 37.6. The molecule has 3 aromatic heterocycles. The molecule has 1 aliphatic rings. The predicted molar refractivity (Wildman–Crippen MR) is 156 cm³/mol. The third kappa shape index (κ3) is 5.12. The molecule has 0 bridgehead atoms. The number of nitrogens with one attached hydrogen (secondary N) is 2. The maximum Gasteiger partial charge on any atom is 0.132 e. The average molecular weight is 546 g/mol. The molecule has 3 heterocycles. The Hall–Kier alpha value is -5.09. The number of anilines is 2. The number of pyridine rings is 2. The third-order valence-electron chi connectivity index (χ3n) is 7.16. The van der Waals surface area contributed by atoms with Crippen LogP contribution in [0, 0.1) is 28.1 Å². The van der Waals surface area contributed by atoms with Gasteiger partial charge in [-0.25, -0.2) is 9.07 Å². The molecular formula is C31H28FN9. The second-order valence-electron chi connectivity index (χ2n) is 11.5. The fraction of sp³-hybridized carbons (Fsp3) is 0.290. The van der Waals surface area contributed by atoms with Crippen LogP contribution in [-0.2, 0) is 6.54 Å². The SMILES string of the molecule is CC(C)(C)CNc1c(C#N)cnc2c(C#N)cc(NCc3cccc4c(-c5cn([C@H]6C[C@@H]6F)nn5)nccc34)cc12. The summed E-state index contributed by atoms with van der Waals surface area (Å²) in [6, 6.07) is 15.9. The molecule has 10 heteroatoms. The number of benzene rings is 2. The minimum atomic E-state index is -0.869. The molecule has 0 amide bonds. The van der Waals surface area contributed by atoms with Crippen LogP contribution in [0.4, 0.5) is 15.8 Å². The first kappa shape index (κ1) is 26.1. The van der Waals surface area contributed by atoms with Gasteiger partial charge in [0.05, 0.1) is 40.3 Å². The van der Waals surface area contributed by atoms with Gasteiger partial charge < -0.3 is 10.6 Å². The number of nitrogens with zero attached hydrogens (tertiary/aromatic N) is 7. The molecule has 1 saturated carbocycles. The number of hydrogen-bond acceptors (Lipinski definition) is 8. The van der Waals surface area contributed by atoms with Crippen LogP contribution in [-0.4, -0.2) is 37.7 Å². The van der Waals surface area contributed by atoms with Crippen molar-refractivity contribution in [2.75, 3.05) is 17.2 Å². The van der Waals surface area contributed by atoms with E-state index in [1.54, 1.807) is 23.1 Å². The molecule has 2 aromatic carbocycles. The van der Waals surface area contributed by atoms with Gasteiger partial charge in [0, 0.05) is 48.4 Å². The van der Waals surface area contributed by atoms with E-state index in [4.69, 9.17) is 0 Å². The van der Waals surface area contributed by atoms with E-state index in [0.29, 0.717) is 58.6 Å². The normalized spacial score (nSPS) is 16.3. The van der Waals surface area contributed by atoms with Gasteiger partial charge in [-0.15, -0.1) is 5.10 Å². The smallest absolute Gasteiger partial charge is 0.132 e. The van der Waals surface area contributed by atoms with E-state index in [2.05, 4.69) is 63.8 Å². The first-order chi connectivity index (χ1) is 19.8. The molecule has 1 aliphatic carbocycles. The predicted octanol–water partition coefficient (Wildman–Crippen LogP) is 6.14. The molecule has 0 radical (unpaired) electrons. The molecule has 1 fully saturated rings. The van der Waals surface area contributed by atoms with Gasteiger partial charge in [0.1, 0.15) is 24.0 Å². The van der Waals surface area contributed by atoms with E-state index >= 15 is 0 Å². The highest BCUT2D eigenvalue weighted by Gasteiger charge is 2.40. The van der Waals surface area contributed by atoms with Gasteiger partial charge >= 0.3 is 0 Å². The van der Waals surface area contributed by atoms with Crippen LogP contribution in [0.25, 0.3) is 33.1 Å². The van der Waals surface area contributed by atoms with Crippen molar-refractivity contribution in [3.05, 3.63) is 71.7 Å². The number of aromatic nitrogens is 5. The van der Waals surface area contributed by atoms with Gasteiger partial charge in [-0.2, -0.15) is 10.5 Å². The Morgan fingerprint density at radius 1 is 1.02 bits per heavy atom. The maximum atomic E-state index is 13.5. The van der Waals surface area contributed by atoms with Crippen molar-refractivity contribution >= 4 is 33.1 Å². The van der Waals surface area contributed by atoms with Crippen LogP contribution < -0.4 is 10.6 Å². The van der Waals surface area contributed by atoms with Gasteiger partial charge in [0.2, 0.25) is 0 Å². The topological polar surface area (TPSA) is 128 Å². The monoisotopic (exact) mass is 545 g/mol. The van der Waals surface area contributed by atoms with E-state index in [1.807, 2.05) is 30.3 Å². The lowest BCUT2D eigenvalue weighted by Crippen LogP contribution is -2.19. The van der Waals surface area contributed by atoms with Crippen molar-refractivity contribution in [3.8, 4) is 23.5 Å². The lowest BCUT2D eigenvalue weighted by molar-refractivity contribution is 0.425. The summed E-state index contributed by atoms with van der Waals surface area (Å²) in [4.78, 5) is 8.99. The molecule has 0 aliphatic heterocycles. The second kappa shape index (κ2) is 10.1. The van der Waals surface area contributed by atoms with Gasteiger partial charge in [0.25, 0.3) is 0 Å². The van der Waals surface area contributed by atoms with Crippen molar-refractivity contribution in [3.63, 3.8) is 0 Å². The standard InChI is InChI=1S/C31H28FN9/c1-31(2,3)17-38-29-20(13-34)15-37-28-19(12-33)9-21(10-24(28)29)36-14-18-5-4-6-23-22(18)7-8-35-30(23)26-16-41(40-39-26)27-11-25(27)32/h4-10,15-16,25,27,36H,11,14,17H2,1-3H3,(H,37,38)/t25-,27-/m0/s1. The summed E-state index contributed by atoms with van der Waals surface area (Å²) in [5.41, 5.74) is 5.12. The molecule has 2 N–H and O–H groups in total. The highest BCUT2D eigenvalue weighted by atomic mass is 19.1.